The van der Waals surface area contributed by atoms with Crippen molar-refractivity contribution in [3.8, 4) is 5.75 Å². The number of nitrogens with zero attached hydrogens (tertiary/aromatic N) is 1. The predicted molar refractivity (Wildman–Crippen MR) is 114 cm³/mol. The van der Waals surface area contributed by atoms with Gasteiger partial charge in [0, 0.05) is 19.2 Å². The molecule has 2 N–H and O–H groups in total. The van der Waals surface area contributed by atoms with Crippen molar-refractivity contribution in [1.29, 1.82) is 0 Å². The van der Waals surface area contributed by atoms with Gasteiger partial charge in [0.1, 0.15) is 11.8 Å². The number of amides is 2. The fourth-order valence-corrected chi connectivity index (χ4v) is 5.09. The summed E-state index contributed by atoms with van der Waals surface area (Å²) in [4.78, 5) is 24.5. The Bertz CT molecular complexity index is 1050. The van der Waals surface area contributed by atoms with Gasteiger partial charge >= 0.3 is 0 Å². The fourth-order valence-electron chi connectivity index (χ4n) is 3.43. The summed E-state index contributed by atoms with van der Waals surface area (Å²) < 4.78 is 32.6. The number of aryl methyl sites for hydroxylation is 1. The van der Waals surface area contributed by atoms with Gasteiger partial charge < -0.3 is 15.4 Å². The molecule has 1 aliphatic rings. The third kappa shape index (κ3) is 4.63. The standard InChI is InChI=1S/C21H25N3O5S/c1-14-6-9-17(10-7-14)30(27,28)24-12-4-5-19(24)21(26)23-16-8-11-20(29-3)18(13-16)22-15(2)25/h6-11,13,19H,4-5,12H2,1-3H3,(H,22,25)(H,23,26)/t19-/m0/s1. The lowest BCUT2D eigenvalue weighted by Crippen LogP contribution is -2.43. The number of nitrogens with one attached hydrogen (secondary N) is 2. The van der Waals surface area contributed by atoms with Gasteiger partial charge in [-0.25, -0.2) is 8.42 Å². The van der Waals surface area contributed by atoms with E-state index in [0.29, 0.717) is 30.0 Å². The first-order valence-corrected chi connectivity index (χ1v) is 11.0. The summed E-state index contributed by atoms with van der Waals surface area (Å²) >= 11 is 0. The van der Waals surface area contributed by atoms with Crippen LogP contribution in [0.2, 0.25) is 0 Å². The van der Waals surface area contributed by atoms with E-state index in [1.807, 2.05) is 6.92 Å². The highest BCUT2D eigenvalue weighted by Crippen LogP contribution is 2.30. The van der Waals surface area contributed by atoms with Crippen LogP contribution in [-0.4, -0.2) is 44.2 Å². The number of carbonyl (C=O) groups is 2. The van der Waals surface area contributed by atoms with Crippen molar-refractivity contribution < 1.29 is 22.7 Å². The van der Waals surface area contributed by atoms with E-state index in [1.54, 1.807) is 42.5 Å². The molecule has 0 saturated carbocycles. The molecule has 0 radical (unpaired) electrons. The molecule has 2 aromatic carbocycles. The van der Waals surface area contributed by atoms with Crippen LogP contribution >= 0.6 is 0 Å². The van der Waals surface area contributed by atoms with Crippen molar-refractivity contribution in [1.82, 2.24) is 4.31 Å². The van der Waals surface area contributed by atoms with E-state index in [-0.39, 0.29) is 17.3 Å². The van der Waals surface area contributed by atoms with E-state index in [0.717, 1.165) is 5.56 Å². The summed E-state index contributed by atoms with van der Waals surface area (Å²) in [5, 5.41) is 5.40. The maximum Gasteiger partial charge on any atom is 0.243 e. The molecule has 2 aromatic rings. The Morgan fingerprint density at radius 2 is 1.80 bits per heavy atom. The van der Waals surface area contributed by atoms with Crippen molar-refractivity contribution in [3.05, 3.63) is 48.0 Å². The van der Waals surface area contributed by atoms with Crippen molar-refractivity contribution in [2.24, 2.45) is 0 Å². The lowest BCUT2D eigenvalue weighted by Gasteiger charge is -2.23. The third-order valence-electron chi connectivity index (χ3n) is 4.91. The van der Waals surface area contributed by atoms with Gasteiger partial charge in [-0.3, -0.25) is 9.59 Å². The molecular weight excluding hydrogens is 406 g/mol. The van der Waals surface area contributed by atoms with E-state index >= 15 is 0 Å². The van der Waals surface area contributed by atoms with Crippen LogP contribution < -0.4 is 15.4 Å². The highest BCUT2D eigenvalue weighted by Gasteiger charge is 2.39. The molecular formula is C21H25N3O5S. The van der Waals surface area contributed by atoms with Gasteiger partial charge in [-0.05, 0) is 50.1 Å². The van der Waals surface area contributed by atoms with Crippen molar-refractivity contribution in [2.45, 2.75) is 37.6 Å². The lowest BCUT2D eigenvalue weighted by molar-refractivity contribution is -0.119. The van der Waals surface area contributed by atoms with Gasteiger partial charge in [0.2, 0.25) is 21.8 Å². The minimum Gasteiger partial charge on any atom is -0.495 e. The second kappa shape index (κ2) is 8.85. The normalized spacial score (nSPS) is 16.8. The predicted octanol–water partition coefficient (Wildman–Crippen LogP) is 2.75. The van der Waals surface area contributed by atoms with Crippen molar-refractivity contribution >= 4 is 33.2 Å². The van der Waals surface area contributed by atoms with Crippen molar-refractivity contribution in [2.75, 3.05) is 24.3 Å². The fraction of sp³-hybridized carbons (Fsp3) is 0.333. The molecule has 3 rings (SSSR count). The molecule has 1 fully saturated rings. The average Bonchev–Trinajstić information content (AvgIpc) is 3.19. The zero-order chi connectivity index (χ0) is 21.9. The van der Waals surface area contributed by atoms with Crippen LogP contribution in [0.25, 0.3) is 0 Å². The number of methoxy groups -OCH3 is 1. The summed E-state index contributed by atoms with van der Waals surface area (Å²) in [6.45, 7) is 3.54. The second-order valence-electron chi connectivity index (χ2n) is 7.17. The molecule has 30 heavy (non-hydrogen) atoms. The summed E-state index contributed by atoms with van der Waals surface area (Å²) in [5.74, 6) is -0.238. The largest absolute Gasteiger partial charge is 0.495 e. The molecule has 0 spiro atoms. The number of carbonyl (C=O) groups excluding carboxylic acids is 2. The zero-order valence-electron chi connectivity index (χ0n) is 17.1. The smallest absolute Gasteiger partial charge is 0.243 e. The number of hydrogen-bond acceptors (Lipinski definition) is 5. The van der Waals surface area contributed by atoms with E-state index in [9.17, 15) is 18.0 Å². The zero-order valence-corrected chi connectivity index (χ0v) is 18.0. The van der Waals surface area contributed by atoms with Crippen LogP contribution in [-0.2, 0) is 19.6 Å². The second-order valence-corrected chi connectivity index (χ2v) is 9.06. The van der Waals surface area contributed by atoms with E-state index < -0.39 is 22.0 Å². The monoisotopic (exact) mass is 431 g/mol. The summed E-state index contributed by atoms with van der Waals surface area (Å²) in [6.07, 6.45) is 1.04. The Balaban J connectivity index is 1.81. The molecule has 0 bridgehead atoms. The molecule has 1 aliphatic heterocycles. The van der Waals surface area contributed by atoms with Crippen LogP contribution in [0.4, 0.5) is 11.4 Å². The van der Waals surface area contributed by atoms with Gasteiger partial charge in [-0.2, -0.15) is 4.31 Å². The first-order valence-electron chi connectivity index (χ1n) is 9.57. The van der Waals surface area contributed by atoms with Crippen LogP contribution in [0.15, 0.2) is 47.4 Å². The maximum atomic E-state index is 13.1. The molecule has 1 saturated heterocycles. The topological polar surface area (TPSA) is 105 Å². The first kappa shape index (κ1) is 21.8. The number of anilines is 2. The quantitative estimate of drug-likeness (QED) is 0.732. The molecule has 0 aliphatic carbocycles. The van der Waals surface area contributed by atoms with Crippen LogP contribution in [0.5, 0.6) is 5.75 Å². The number of hydrogen-bond donors (Lipinski definition) is 2. The number of benzene rings is 2. The van der Waals surface area contributed by atoms with Crippen molar-refractivity contribution in [3.63, 3.8) is 0 Å². The molecule has 160 valence electrons. The number of sulfonamides is 1. The van der Waals surface area contributed by atoms with Crippen LogP contribution in [0.1, 0.15) is 25.3 Å². The van der Waals surface area contributed by atoms with E-state index in [1.165, 1.54) is 18.3 Å². The Labute approximate surface area is 176 Å². The van der Waals surface area contributed by atoms with Crippen LogP contribution in [0.3, 0.4) is 0 Å². The number of rotatable bonds is 6. The Morgan fingerprint density at radius 1 is 1.10 bits per heavy atom. The number of ether oxygens (including phenoxy) is 1. The minimum atomic E-state index is -3.78. The van der Waals surface area contributed by atoms with Gasteiger partial charge in [-0.1, -0.05) is 17.7 Å². The Hall–Kier alpha value is -2.91. The molecule has 0 aromatic heterocycles. The highest BCUT2D eigenvalue weighted by atomic mass is 32.2. The highest BCUT2D eigenvalue weighted by molar-refractivity contribution is 7.89. The van der Waals surface area contributed by atoms with E-state index in [2.05, 4.69) is 10.6 Å². The third-order valence-corrected chi connectivity index (χ3v) is 6.83. The average molecular weight is 432 g/mol. The van der Waals surface area contributed by atoms with Crippen LogP contribution in [0, 0.1) is 6.92 Å². The Kier molecular flexibility index (Phi) is 6.42. The molecule has 0 unspecified atom stereocenters. The molecule has 1 atom stereocenters. The summed E-state index contributed by atoms with van der Waals surface area (Å²) in [7, 11) is -2.30. The SMILES string of the molecule is COc1ccc(NC(=O)[C@@H]2CCCN2S(=O)(=O)c2ccc(C)cc2)cc1NC(C)=O. The van der Waals surface area contributed by atoms with E-state index in [4.69, 9.17) is 4.74 Å². The molecule has 9 heteroatoms. The molecule has 1 heterocycles. The van der Waals surface area contributed by atoms with Gasteiger partial charge in [0.05, 0.1) is 17.7 Å². The minimum absolute atomic E-state index is 0.171. The molecule has 8 nitrogen and oxygen atoms in total. The van der Waals surface area contributed by atoms with Gasteiger partial charge in [0.15, 0.2) is 0 Å². The first-order chi connectivity index (χ1) is 14.2. The molecule has 2 amide bonds. The Morgan fingerprint density at radius 3 is 2.43 bits per heavy atom. The lowest BCUT2D eigenvalue weighted by atomic mass is 10.2. The maximum absolute atomic E-state index is 13.1. The van der Waals surface area contributed by atoms with Gasteiger partial charge in [-0.15, -0.1) is 0 Å². The van der Waals surface area contributed by atoms with Gasteiger partial charge in [0.25, 0.3) is 0 Å². The summed E-state index contributed by atoms with van der Waals surface area (Å²) in [6, 6.07) is 10.6. The summed E-state index contributed by atoms with van der Waals surface area (Å²) in [5.41, 5.74) is 1.81.